The van der Waals surface area contributed by atoms with Crippen LogP contribution in [0.15, 0.2) is 23.8 Å². The van der Waals surface area contributed by atoms with E-state index in [9.17, 15) is 14.0 Å². The van der Waals surface area contributed by atoms with E-state index in [4.69, 9.17) is 17.3 Å². The summed E-state index contributed by atoms with van der Waals surface area (Å²) in [5, 5.41) is 0.259. The largest absolute Gasteiger partial charge is 0.368 e. The third-order valence-corrected chi connectivity index (χ3v) is 5.24. The monoisotopic (exact) mass is 367 g/mol. The highest BCUT2D eigenvalue weighted by molar-refractivity contribution is 7.11. The van der Waals surface area contributed by atoms with Gasteiger partial charge in [-0.15, -0.1) is 11.3 Å². The number of nitrogens with zero attached hydrogens (tertiary/aromatic N) is 2. The summed E-state index contributed by atoms with van der Waals surface area (Å²) in [7, 11) is 0. The lowest BCUT2D eigenvalue weighted by Gasteiger charge is -2.33. The summed E-state index contributed by atoms with van der Waals surface area (Å²) in [6.07, 6.45) is 2.43. The molecule has 126 valence electrons. The van der Waals surface area contributed by atoms with E-state index in [2.05, 4.69) is 4.98 Å². The number of hydrogen-bond acceptors (Lipinski definition) is 4. The van der Waals surface area contributed by atoms with E-state index in [-0.39, 0.29) is 10.9 Å². The van der Waals surface area contributed by atoms with Gasteiger partial charge in [0.2, 0.25) is 5.91 Å². The summed E-state index contributed by atoms with van der Waals surface area (Å²) in [6, 6.07) is 1.62. The van der Waals surface area contributed by atoms with E-state index >= 15 is 0 Å². The van der Waals surface area contributed by atoms with Gasteiger partial charge in [-0.2, -0.15) is 0 Å². The van der Waals surface area contributed by atoms with E-state index in [0.29, 0.717) is 28.8 Å². The standard InChI is InChI=1S/C16H15ClFN3O2S/c1-8(15(19)22)21(16(23)14-6-20-7-24-14)13-3-2-10-11(13)4-9(17)5-12(10)18/h4-8,13H,2-3H2,1H3,(H2,19,22)/t8-,13-/m1/s1. The lowest BCUT2D eigenvalue weighted by atomic mass is 10.0. The van der Waals surface area contributed by atoms with Gasteiger partial charge in [0.1, 0.15) is 16.7 Å². The normalized spacial score (nSPS) is 17.4. The van der Waals surface area contributed by atoms with Gasteiger partial charge in [-0.05, 0) is 43.0 Å². The summed E-state index contributed by atoms with van der Waals surface area (Å²) in [5.41, 5.74) is 8.13. The third-order valence-electron chi connectivity index (χ3n) is 4.26. The molecule has 2 N–H and O–H groups in total. The second-order valence-corrected chi connectivity index (χ2v) is 6.99. The Hall–Kier alpha value is -1.99. The van der Waals surface area contributed by atoms with Crippen molar-refractivity contribution >= 4 is 34.8 Å². The van der Waals surface area contributed by atoms with Crippen molar-refractivity contribution < 1.29 is 14.0 Å². The zero-order valence-electron chi connectivity index (χ0n) is 12.8. The first-order chi connectivity index (χ1) is 11.4. The highest BCUT2D eigenvalue weighted by Gasteiger charge is 2.38. The number of hydrogen-bond donors (Lipinski definition) is 1. The summed E-state index contributed by atoms with van der Waals surface area (Å²) in [5.74, 6) is -1.36. The van der Waals surface area contributed by atoms with Gasteiger partial charge in [-0.1, -0.05) is 11.6 Å². The van der Waals surface area contributed by atoms with Crippen molar-refractivity contribution in [1.29, 1.82) is 0 Å². The van der Waals surface area contributed by atoms with Gasteiger partial charge in [0.05, 0.1) is 17.7 Å². The Morgan fingerprint density at radius 2 is 2.25 bits per heavy atom. The smallest absolute Gasteiger partial charge is 0.266 e. The van der Waals surface area contributed by atoms with E-state index in [1.165, 1.54) is 28.5 Å². The highest BCUT2D eigenvalue weighted by Crippen LogP contribution is 2.40. The predicted molar refractivity (Wildman–Crippen MR) is 89.4 cm³/mol. The molecule has 0 radical (unpaired) electrons. The summed E-state index contributed by atoms with van der Waals surface area (Å²) in [6.45, 7) is 1.57. The van der Waals surface area contributed by atoms with Crippen molar-refractivity contribution in [3.63, 3.8) is 0 Å². The molecule has 2 amide bonds. The number of carbonyl (C=O) groups is 2. The molecule has 0 saturated heterocycles. The lowest BCUT2D eigenvalue weighted by molar-refractivity contribution is -0.122. The third kappa shape index (κ3) is 2.89. The van der Waals surface area contributed by atoms with Crippen LogP contribution in [0.5, 0.6) is 0 Å². The van der Waals surface area contributed by atoms with Crippen molar-refractivity contribution in [2.24, 2.45) is 5.73 Å². The molecule has 0 aliphatic heterocycles. The number of primary amides is 1. The molecular weight excluding hydrogens is 353 g/mol. The predicted octanol–water partition coefficient (Wildman–Crippen LogP) is 2.94. The Balaban J connectivity index is 2.06. The fourth-order valence-corrected chi connectivity index (χ4v) is 3.86. The lowest BCUT2D eigenvalue weighted by Crippen LogP contribution is -2.47. The maximum atomic E-state index is 14.1. The SMILES string of the molecule is C[C@H](C(N)=O)N(C(=O)c1cncs1)[C@@H]1CCc2c(F)cc(Cl)cc21. The van der Waals surface area contributed by atoms with Crippen LogP contribution >= 0.6 is 22.9 Å². The Morgan fingerprint density at radius 3 is 2.88 bits per heavy atom. The highest BCUT2D eigenvalue weighted by atomic mass is 35.5. The van der Waals surface area contributed by atoms with Gasteiger partial charge < -0.3 is 10.6 Å². The molecule has 24 heavy (non-hydrogen) atoms. The summed E-state index contributed by atoms with van der Waals surface area (Å²) >= 11 is 7.16. The van der Waals surface area contributed by atoms with Crippen molar-refractivity contribution in [2.75, 3.05) is 0 Å². The van der Waals surface area contributed by atoms with Gasteiger partial charge >= 0.3 is 0 Å². The first kappa shape index (κ1) is 16.9. The fourth-order valence-electron chi connectivity index (χ4n) is 3.08. The van der Waals surface area contributed by atoms with Gasteiger partial charge in [-0.25, -0.2) is 4.39 Å². The van der Waals surface area contributed by atoms with Gasteiger partial charge in [0, 0.05) is 5.02 Å². The number of aromatic nitrogens is 1. The quantitative estimate of drug-likeness (QED) is 0.902. The van der Waals surface area contributed by atoms with Gasteiger partial charge in [0.15, 0.2) is 0 Å². The van der Waals surface area contributed by atoms with Crippen LogP contribution in [0.25, 0.3) is 0 Å². The molecule has 0 bridgehead atoms. The van der Waals surface area contributed by atoms with Crippen LogP contribution < -0.4 is 5.73 Å². The molecule has 8 heteroatoms. The van der Waals surface area contributed by atoms with Crippen LogP contribution in [-0.2, 0) is 11.2 Å². The van der Waals surface area contributed by atoms with E-state index in [0.717, 1.165) is 0 Å². The molecule has 2 aromatic rings. The average Bonchev–Trinajstić information content (AvgIpc) is 3.17. The van der Waals surface area contributed by atoms with Gasteiger partial charge in [0.25, 0.3) is 5.91 Å². The molecule has 1 aliphatic rings. The molecule has 0 saturated carbocycles. The second-order valence-electron chi connectivity index (χ2n) is 5.67. The zero-order chi connectivity index (χ0) is 17.4. The Kier molecular flexibility index (Phi) is 4.56. The molecular formula is C16H15ClFN3O2S. The van der Waals surface area contributed by atoms with Crippen LogP contribution in [-0.4, -0.2) is 27.7 Å². The first-order valence-electron chi connectivity index (χ1n) is 7.38. The number of amides is 2. The zero-order valence-corrected chi connectivity index (χ0v) is 14.4. The molecule has 1 aliphatic carbocycles. The molecule has 0 fully saturated rings. The minimum Gasteiger partial charge on any atom is -0.368 e. The maximum Gasteiger partial charge on any atom is 0.266 e. The van der Waals surface area contributed by atoms with Crippen LogP contribution in [0.2, 0.25) is 5.02 Å². The van der Waals surface area contributed by atoms with Crippen LogP contribution in [0.3, 0.4) is 0 Å². The summed E-state index contributed by atoms with van der Waals surface area (Å²) < 4.78 is 14.1. The minimum absolute atomic E-state index is 0.259. The van der Waals surface area contributed by atoms with Crippen LogP contribution in [0, 0.1) is 5.82 Å². The van der Waals surface area contributed by atoms with E-state index in [1.54, 1.807) is 18.5 Å². The van der Waals surface area contributed by atoms with Crippen LogP contribution in [0.1, 0.15) is 40.2 Å². The molecule has 1 aromatic carbocycles. The number of carbonyl (C=O) groups excluding carboxylic acids is 2. The number of benzene rings is 1. The number of rotatable bonds is 4. The van der Waals surface area contributed by atoms with Crippen molar-refractivity contribution in [3.05, 3.63) is 50.7 Å². The number of halogens is 2. The number of nitrogens with two attached hydrogens (primary N) is 1. The topological polar surface area (TPSA) is 76.3 Å². The van der Waals surface area contributed by atoms with Crippen LogP contribution in [0.4, 0.5) is 4.39 Å². The molecule has 3 rings (SSSR count). The van der Waals surface area contributed by atoms with Crippen molar-refractivity contribution in [2.45, 2.75) is 31.8 Å². The Labute approximate surface area is 147 Å². The van der Waals surface area contributed by atoms with Crippen molar-refractivity contribution in [1.82, 2.24) is 9.88 Å². The maximum absolute atomic E-state index is 14.1. The van der Waals surface area contributed by atoms with E-state index in [1.807, 2.05) is 0 Å². The fraction of sp³-hybridized carbons (Fsp3) is 0.312. The van der Waals surface area contributed by atoms with E-state index < -0.39 is 23.8 Å². The first-order valence-corrected chi connectivity index (χ1v) is 8.64. The average molecular weight is 368 g/mol. The molecule has 0 spiro atoms. The Bertz CT molecular complexity index is 797. The Morgan fingerprint density at radius 1 is 1.50 bits per heavy atom. The number of fused-ring (bicyclic) bond motifs is 1. The molecule has 1 heterocycles. The van der Waals surface area contributed by atoms with Gasteiger partial charge in [-0.3, -0.25) is 14.6 Å². The molecule has 5 nitrogen and oxygen atoms in total. The minimum atomic E-state index is -0.836. The molecule has 2 atom stereocenters. The molecule has 1 aromatic heterocycles. The molecule has 0 unspecified atom stereocenters. The van der Waals surface area contributed by atoms with Crippen molar-refractivity contribution in [3.8, 4) is 0 Å². The summed E-state index contributed by atoms with van der Waals surface area (Å²) in [4.78, 5) is 30.3. The second kappa shape index (κ2) is 6.49. The number of thiazole rings is 1.